The molecule has 1 aliphatic carbocycles. The maximum atomic E-state index is 14.6. The Morgan fingerprint density at radius 2 is 2.06 bits per heavy atom. The number of nitrogens with zero attached hydrogens (tertiary/aromatic N) is 3. The molecule has 1 aromatic heterocycles. The summed E-state index contributed by atoms with van der Waals surface area (Å²) in [5.74, 6) is -0.533. The summed E-state index contributed by atoms with van der Waals surface area (Å²) in [6, 6.07) is 9.64. The predicted molar refractivity (Wildman–Crippen MR) is 121 cm³/mol. The lowest BCUT2D eigenvalue weighted by atomic mass is 10.1. The molecule has 3 aromatic rings. The predicted octanol–water partition coefficient (Wildman–Crippen LogP) is 5.78. The SMILES string of the molecule is CC(C)n1cnc2ccc(Oc3c(F)ccc(NSC4CCCC4)c3C#N)cc2c1=O. The van der Waals surface area contributed by atoms with E-state index in [1.165, 1.54) is 35.9 Å². The smallest absolute Gasteiger partial charge is 0.261 e. The highest BCUT2D eigenvalue weighted by molar-refractivity contribution is 8.01. The van der Waals surface area contributed by atoms with E-state index in [0.717, 1.165) is 12.8 Å². The Morgan fingerprint density at radius 1 is 1.29 bits per heavy atom. The molecule has 1 heterocycles. The Bertz CT molecular complexity index is 1210. The number of ether oxygens (including phenoxy) is 1. The molecule has 0 spiro atoms. The standard InChI is InChI=1S/C23H23FN4O2S/c1-14(2)28-13-26-20-9-7-15(11-17(20)23(28)29)30-22-18(12-25)21(10-8-19(22)24)27-31-16-5-3-4-6-16/h7-11,13-14,16,27H,3-6H2,1-2H3. The van der Waals surface area contributed by atoms with Gasteiger partial charge in [-0.25, -0.2) is 9.37 Å². The molecule has 1 aliphatic rings. The third kappa shape index (κ3) is 4.37. The molecule has 0 unspecified atom stereocenters. The molecule has 31 heavy (non-hydrogen) atoms. The third-order valence-electron chi connectivity index (χ3n) is 5.39. The second kappa shape index (κ2) is 8.98. The Balaban J connectivity index is 1.67. The zero-order valence-electron chi connectivity index (χ0n) is 17.4. The lowest BCUT2D eigenvalue weighted by Gasteiger charge is -2.15. The average molecular weight is 439 g/mol. The summed E-state index contributed by atoms with van der Waals surface area (Å²) in [6.45, 7) is 3.79. The summed E-state index contributed by atoms with van der Waals surface area (Å²) in [6.07, 6.45) is 6.18. The first kappa shape index (κ1) is 21.2. The molecule has 160 valence electrons. The highest BCUT2D eigenvalue weighted by Gasteiger charge is 2.20. The van der Waals surface area contributed by atoms with E-state index in [-0.39, 0.29) is 28.7 Å². The number of anilines is 1. The van der Waals surface area contributed by atoms with Crippen molar-refractivity contribution in [1.82, 2.24) is 9.55 Å². The van der Waals surface area contributed by atoms with Crippen LogP contribution in [0.2, 0.25) is 0 Å². The molecule has 6 nitrogen and oxygen atoms in total. The van der Waals surface area contributed by atoms with Gasteiger partial charge in [0, 0.05) is 11.3 Å². The average Bonchev–Trinajstić information content (AvgIpc) is 3.28. The normalized spacial score (nSPS) is 14.2. The van der Waals surface area contributed by atoms with E-state index >= 15 is 0 Å². The first-order valence-electron chi connectivity index (χ1n) is 10.3. The van der Waals surface area contributed by atoms with Gasteiger partial charge in [0.05, 0.1) is 22.9 Å². The Morgan fingerprint density at radius 3 is 2.77 bits per heavy atom. The van der Waals surface area contributed by atoms with Crippen molar-refractivity contribution in [3.63, 3.8) is 0 Å². The number of hydrogen-bond donors (Lipinski definition) is 1. The van der Waals surface area contributed by atoms with E-state index < -0.39 is 5.82 Å². The van der Waals surface area contributed by atoms with Gasteiger partial charge in [-0.15, -0.1) is 0 Å². The van der Waals surface area contributed by atoms with Gasteiger partial charge >= 0.3 is 0 Å². The molecule has 1 N–H and O–H groups in total. The van der Waals surface area contributed by atoms with Gasteiger partial charge in [0.1, 0.15) is 17.4 Å². The fourth-order valence-electron chi connectivity index (χ4n) is 3.67. The highest BCUT2D eigenvalue weighted by atomic mass is 32.2. The minimum atomic E-state index is -0.640. The third-order valence-corrected chi connectivity index (χ3v) is 6.53. The second-order valence-corrected chi connectivity index (χ2v) is 8.98. The van der Waals surface area contributed by atoms with Crippen molar-refractivity contribution >= 4 is 28.5 Å². The van der Waals surface area contributed by atoms with Crippen LogP contribution in [0.5, 0.6) is 11.5 Å². The lowest BCUT2D eigenvalue weighted by Crippen LogP contribution is -2.22. The number of nitriles is 1. The van der Waals surface area contributed by atoms with Crippen molar-refractivity contribution in [1.29, 1.82) is 5.26 Å². The zero-order chi connectivity index (χ0) is 22.0. The Hall–Kier alpha value is -3.05. The Labute approximate surface area is 184 Å². The summed E-state index contributed by atoms with van der Waals surface area (Å²) in [5, 5.41) is 10.6. The van der Waals surface area contributed by atoms with Gasteiger partial charge in [0.25, 0.3) is 5.56 Å². The minimum absolute atomic E-state index is 0.0447. The number of fused-ring (bicyclic) bond motifs is 1. The van der Waals surface area contributed by atoms with Crippen LogP contribution in [-0.2, 0) is 0 Å². The molecular formula is C23H23FN4O2S. The number of hydrogen-bond acceptors (Lipinski definition) is 6. The van der Waals surface area contributed by atoms with Gasteiger partial charge < -0.3 is 9.46 Å². The van der Waals surface area contributed by atoms with Crippen molar-refractivity contribution in [2.45, 2.75) is 50.8 Å². The summed E-state index contributed by atoms with van der Waals surface area (Å²) in [4.78, 5) is 17.1. The van der Waals surface area contributed by atoms with Crippen LogP contribution in [0.25, 0.3) is 10.9 Å². The van der Waals surface area contributed by atoms with Crippen molar-refractivity contribution < 1.29 is 9.13 Å². The number of nitrogens with one attached hydrogen (secondary N) is 1. The maximum Gasteiger partial charge on any atom is 0.261 e. The Kier molecular flexibility index (Phi) is 6.14. The maximum absolute atomic E-state index is 14.6. The fraction of sp³-hybridized carbons (Fsp3) is 0.348. The van der Waals surface area contributed by atoms with Gasteiger partial charge in [-0.2, -0.15) is 5.26 Å². The van der Waals surface area contributed by atoms with Crippen LogP contribution in [0.3, 0.4) is 0 Å². The fourth-order valence-corrected chi connectivity index (χ4v) is 4.70. The van der Waals surface area contributed by atoms with E-state index in [1.807, 2.05) is 13.8 Å². The molecular weight excluding hydrogens is 415 g/mol. The number of aromatic nitrogens is 2. The second-order valence-electron chi connectivity index (χ2n) is 7.87. The summed E-state index contributed by atoms with van der Waals surface area (Å²) in [7, 11) is 0. The summed E-state index contributed by atoms with van der Waals surface area (Å²) >= 11 is 1.56. The van der Waals surface area contributed by atoms with E-state index in [0.29, 0.717) is 21.8 Å². The molecule has 0 saturated heterocycles. The number of rotatable bonds is 6. The van der Waals surface area contributed by atoms with Gasteiger partial charge in [-0.1, -0.05) is 12.8 Å². The van der Waals surface area contributed by atoms with Crippen molar-refractivity contribution in [3.8, 4) is 17.6 Å². The zero-order valence-corrected chi connectivity index (χ0v) is 18.2. The quantitative estimate of drug-likeness (QED) is 0.491. The molecule has 1 fully saturated rings. The number of benzene rings is 2. The van der Waals surface area contributed by atoms with Gasteiger partial charge in [0.2, 0.25) is 0 Å². The van der Waals surface area contributed by atoms with Crippen LogP contribution >= 0.6 is 11.9 Å². The van der Waals surface area contributed by atoms with Crippen LogP contribution in [0.1, 0.15) is 51.1 Å². The molecule has 0 aliphatic heterocycles. The van der Waals surface area contributed by atoms with Crippen LogP contribution in [0.4, 0.5) is 10.1 Å². The monoisotopic (exact) mass is 438 g/mol. The molecule has 0 atom stereocenters. The first-order chi connectivity index (χ1) is 15.0. The highest BCUT2D eigenvalue weighted by Crippen LogP contribution is 2.36. The summed E-state index contributed by atoms with van der Waals surface area (Å²) in [5.41, 5.74) is 0.935. The minimum Gasteiger partial charge on any atom is -0.453 e. The van der Waals surface area contributed by atoms with E-state index in [2.05, 4.69) is 15.8 Å². The van der Waals surface area contributed by atoms with Crippen LogP contribution in [-0.4, -0.2) is 14.8 Å². The van der Waals surface area contributed by atoms with Crippen molar-refractivity contribution in [3.05, 3.63) is 58.4 Å². The first-order valence-corrected chi connectivity index (χ1v) is 11.2. The van der Waals surface area contributed by atoms with Gasteiger partial charge in [0.15, 0.2) is 11.6 Å². The molecule has 4 rings (SSSR count). The topological polar surface area (TPSA) is 79.9 Å². The number of halogens is 1. The molecule has 0 amide bonds. The van der Waals surface area contributed by atoms with E-state index in [4.69, 9.17) is 4.74 Å². The van der Waals surface area contributed by atoms with Crippen molar-refractivity contribution in [2.75, 3.05) is 4.72 Å². The van der Waals surface area contributed by atoms with Crippen LogP contribution in [0, 0.1) is 17.1 Å². The van der Waals surface area contributed by atoms with Crippen LogP contribution in [0.15, 0.2) is 41.5 Å². The molecule has 1 saturated carbocycles. The molecule has 2 aromatic carbocycles. The molecule has 0 radical (unpaired) electrons. The van der Waals surface area contributed by atoms with Gasteiger partial charge in [-0.3, -0.25) is 9.36 Å². The van der Waals surface area contributed by atoms with Crippen LogP contribution < -0.4 is 15.0 Å². The molecule has 0 bridgehead atoms. The van der Waals surface area contributed by atoms with E-state index in [9.17, 15) is 14.4 Å². The lowest BCUT2D eigenvalue weighted by molar-refractivity contribution is 0.441. The van der Waals surface area contributed by atoms with Gasteiger partial charge in [-0.05, 0) is 69.0 Å². The van der Waals surface area contributed by atoms with E-state index in [1.54, 1.807) is 30.1 Å². The summed E-state index contributed by atoms with van der Waals surface area (Å²) < 4.78 is 25.1. The van der Waals surface area contributed by atoms with Crippen molar-refractivity contribution in [2.24, 2.45) is 0 Å². The largest absolute Gasteiger partial charge is 0.453 e. The molecule has 8 heteroatoms.